The van der Waals surface area contributed by atoms with Crippen LogP contribution in [-0.2, 0) is 11.3 Å². The number of halogens is 1. The fourth-order valence-corrected chi connectivity index (χ4v) is 2.39. The largest absolute Gasteiger partial charge is 0.376 e. The first-order valence-electron chi connectivity index (χ1n) is 7.34. The summed E-state index contributed by atoms with van der Waals surface area (Å²) < 4.78 is 0. The van der Waals surface area contributed by atoms with Crippen LogP contribution in [0.3, 0.4) is 0 Å². The zero-order chi connectivity index (χ0) is 17.7. The van der Waals surface area contributed by atoms with Gasteiger partial charge >= 0.3 is 0 Å². The van der Waals surface area contributed by atoms with Crippen molar-refractivity contribution in [2.24, 2.45) is 0 Å². The molecule has 0 spiro atoms. The van der Waals surface area contributed by atoms with Crippen LogP contribution in [0.4, 0.5) is 11.4 Å². The first kappa shape index (κ1) is 17.7. The summed E-state index contributed by atoms with van der Waals surface area (Å²) in [4.78, 5) is 24.1. The Balaban J connectivity index is 1.96. The van der Waals surface area contributed by atoms with Crippen molar-refractivity contribution in [1.29, 1.82) is 0 Å². The Labute approximate surface area is 145 Å². The molecule has 0 aromatic heterocycles. The van der Waals surface area contributed by atoms with Crippen molar-refractivity contribution >= 4 is 28.9 Å². The predicted molar refractivity (Wildman–Crippen MR) is 94.2 cm³/mol. The Bertz CT molecular complexity index is 764. The van der Waals surface area contributed by atoms with Gasteiger partial charge in [0.15, 0.2) is 0 Å². The molecule has 0 saturated heterocycles. The molecule has 2 rings (SSSR count). The Morgan fingerprint density at radius 2 is 2.00 bits per heavy atom. The summed E-state index contributed by atoms with van der Waals surface area (Å²) in [5.74, 6) is -0.115. The number of rotatable bonds is 6. The number of likely N-dealkylation sites (N-methyl/N-ethyl adjacent to an activating group) is 1. The lowest BCUT2D eigenvalue weighted by Crippen LogP contribution is -2.32. The maximum atomic E-state index is 12.2. The van der Waals surface area contributed by atoms with Gasteiger partial charge in [0.1, 0.15) is 5.02 Å². The number of nitrogens with one attached hydrogen (secondary N) is 1. The van der Waals surface area contributed by atoms with Crippen molar-refractivity contribution in [3.63, 3.8) is 0 Å². The summed E-state index contributed by atoms with van der Waals surface area (Å²) >= 11 is 5.76. The Hall–Kier alpha value is -2.60. The maximum absolute atomic E-state index is 12.2. The Kier molecular flexibility index (Phi) is 5.76. The third-order valence-corrected chi connectivity index (χ3v) is 4.00. The van der Waals surface area contributed by atoms with Crippen LogP contribution in [0.15, 0.2) is 42.5 Å². The average Bonchev–Trinajstić information content (AvgIpc) is 2.55. The van der Waals surface area contributed by atoms with Crippen LogP contribution in [0.5, 0.6) is 0 Å². The highest BCUT2D eigenvalue weighted by Gasteiger charge is 2.14. The molecule has 0 atom stereocenters. The fraction of sp³-hybridized carbons (Fsp3) is 0.235. The minimum Gasteiger partial charge on any atom is -0.376 e. The van der Waals surface area contributed by atoms with Crippen molar-refractivity contribution in [2.45, 2.75) is 13.5 Å². The predicted octanol–water partition coefficient (Wildman–Crippen LogP) is 3.63. The molecule has 2 aromatic rings. The van der Waals surface area contributed by atoms with Crippen LogP contribution in [0.1, 0.15) is 11.1 Å². The van der Waals surface area contributed by atoms with E-state index in [1.54, 1.807) is 18.0 Å². The second kappa shape index (κ2) is 7.79. The highest BCUT2D eigenvalue weighted by molar-refractivity contribution is 6.32. The van der Waals surface area contributed by atoms with Gasteiger partial charge in [0.05, 0.1) is 11.5 Å². The van der Waals surface area contributed by atoms with Gasteiger partial charge in [0.2, 0.25) is 5.91 Å². The van der Waals surface area contributed by atoms with E-state index in [0.717, 1.165) is 11.1 Å². The van der Waals surface area contributed by atoms with Gasteiger partial charge in [-0.05, 0) is 30.2 Å². The van der Waals surface area contributed by atoms with Crippen LogP contribution in [0, 0.1) is 17.0 Å². The van der Waals surface area contributed by atoms with E-state index >= 15 is 0 Å². The molecule has 6 nitrogen and oxygen atoms in total. The van der Waals surface area contributed by atoms with Gasteiger partial charge < -0.3 is 10.2 Å². The fourth-order valence-electron chi connectivity index (χ4n) is 2.21. The molecule has 0 heterocycles. The molecule has 0 radical (unpaired) electrons. The molecule has 0 bridgehead atoms. The van der Waals surface area contributed by atoms with Crippen molar-refractivity contribution < 1.29 is 9.72 Å². The van der Waals surface area contributed by atoms with E-state index < -0.39 is 4.92 Å². The van der Waals surface area contributed by atoms with Gasteiger partial charge in [-0.2, -0.15) is 0 Å². The average molecular weight is 348 g/mol. The number of hydrogen-bond acceptors (Lipinski definition) is 4. The van der Waals surface area contributed by atoms with Gasteiger partial charge in [0.25, 0.3) is 5.69 Å². The second-order valence-electron chi connectivity index (χ2n) is 5.45. The molecular weight excluding hydrogens is 330 g/mol. The second-order valence-corrected chi connectivity index (χ2v) is 5.86. The van der Waals surface area contributed by atoms with E-state index in [1.165, 1.54) is 12.1 Å². The number of aryl methyl sites for hydroxylation is 1. The number of hydrogen-bond donors (Lipinski definition) is 1. The van der Waals surface area contributed by atoms with Crippen molar-refractivity contribution in [3.05, 3.63) is 68.7 Å². The number of nitro benzene ring substituents is 1. The van der Waals surface area contributed by atoms with Gasteiger partial charge in [-0.15, -0.1) is 0 Å². The van der Waals surface area contributed by atoms with Crippen molar-refractivity contribution in [3.8, 4) is 0 Å². The number of benzene rings is 2. The first-order chi connectivity index (χ1) is 11.4. The van der Waals surface area contributed by atoms with Gasteiger partial charge in [-0.25, -0.2) is 0 Å². The first-order valence-corrected chi connectivity index (χ1v) is 7.72. The van der Waals surface area contributed by atoms with Crippen LogP contribution in [0.2, 0.25) is 5.02 Å². The Morgan fingerprint density at radius 1 is 1.29 bits per heavy atom. The quantitative estimate of drug-likeness (QED) is 0.639. The number of amides is 1. The molecule has 2 aromatic carbocycles. The summed E-state index contributed by atoms with van der Waals surface area (Å²) in [6.45, 7) is 2.55. The molecule has 0 saturated carbocycles. The molecule has 0 aliphatic heterocycles. The highest BCUT2D eigenvalue weighted by Crippen LogP contribution is 2.27. The Morgan fingerprint density at radius 3 is 2.67 bits per heavy atom. The van der Waals surface area contributed by atoms with E-state index in [1.807, 2.05) is 31.2 Å². The van der Waals surface area contributed by atoms with Gasteiger partial charge in [0, 0.05) is 25.3 Å². The molecule has 24 heavy (non-hydrogen) atoms. The minimum atomic E-state index is -0.556. The SMILES string of the molecule is Cc1ccccc1CN(C)C(=O)CNc1ccc(Cl)c([N+](=O)[O-])c1. The van der Waals surface area contributed by atoms with E-state index in [4.69, 9.17) is 11.6 Å². The zero-order valence-electron chi connectivity index (χ0n) is 13.5. The molecule has 126 valence electrons. The third kappa shape index (κ3) is 4.45. The lowest BCUT2D eigenvalue weighted by molar-refractivity contribution is -0.384. The number of nitro groups is 1. The van der Waals surface area contributed by atoms with Crippen molar-refractivity contribution in [2.75, 3.05) is 18.9 Å². The summed E-state index contributed by atoms with van der Waals surface area (Å²) in [6, 6.07) is 12.2. The molecule has 1 N–H and O–H groups in total. The van der Waals surface area contributed by atoms with Crippen LogP contribution >= 0.6 is 11.6 Å². The maximum Gasteiger partial charge on any atom is 0.289 e. The molecule has 0 unspecified atom stereocenters. The van der Waals surface area contributed by atoms with Gasteiger partial charge in [-0.3, -0.25) is 14.9 Å². The lowest BCUT2D eigenvalue weighted by atomic mass is 10.1. The van der Waals surface area contributed by atoms with Gasteiger partial charge in [-0.1, -0.05) is 35.9 Å². The number of nitrogens with zero attached hydrogens (tertiary/aromatic N) is 2. The van der Waals surface area contributed by atoms with E-state index in [2.05, 4.69) is 5.32 Å². The van der Waals surface area contributed by atoms with E-state index in [0.29, 0.717) is 12.2 Å². The monoisotopic (exact) mass is 347 g/mol. The van der Waals surface area contributed by atoms with Crippen LogP contribution < -0.4 is 5.32 Å². The van der Waals surface area contributed by atoms with Crippen LogP contribution in [0.25, 0.3) is 0 Å². The summed E-state index contributed by atoms with van der Waals surface area (Å²) in [5, 5.41) is 13.8. The van der Waals surface area contributed by atoms with Crippen molar-refractivity contribution in [1.82, 2.24) is 4.90 Å². The molecular formula is C17H18ClN3O3. The molecule has 1 amide bonds. The topological polar surface area (TPSA) is 75.5 Å². The smallest absolute Gasteiger partial charge is 0.289 e. The summed E-state index contributed by atoms with van der Waals surface area (Å²) in [6.07, 6.45) is 0. The summed E-state index contributed by atoms with van der Waals surface area (Å²) in [5.41, 5.74) is 2.49. The lowest BCUT2D eigenvalue weighted by Gasteiger charge is -2.19. The number of carbonyl (C=O) groups excluding carboxylic acids is 1. The zero-order valence-corrected chi connectivity index (χ0v) is 14.2. The van der Waals surface area contributed by atoms with E-state index in [-0.39, 0.29) is 23.2 Å². The minimum absolute atomic E-state index is 0.0428. The standard InChI is InChI=1S/C17H18ClN3O3/c1-12-5-3-4-6-13(12)11-20(2)17(22)10-19-14-7-8-15(18)16(9-14)21(23)24/h3-9,19H,10-11H2,1-2H3. The number of carbonyl (C=O) groups is 1. The molecule has 7 heteroatoms. The molecule has 0 aliphatic rings. The third-order valence-electron chi connectivity index (χ3n) is 3.68. The molecule has 0 fully saturated rings. The summed E-state index contributed by atoms with van der Waals surface area (Å²) in [7, 11) is 1.72. The normalized spacial score (nSPS) is 10.3. The highest BCUT2D eigenvalue weighted by atomic mass is 35.5. The molecule has 0 aliphatic carbocycles. The van der Waals surface area contributed by atoms with Crippen LogP contribution in [-0.4, -0.2) is 29.3 Å². The number of anilines is 1. The van der Waals surface area contributed by atoms with E-state index in [9.17, 15) is 14.9 Å².